The molecule has 33 heavy (non-hydrogen) atoms. The molecule has 0 spiro atoms. The van der Waals surface area contributed by atoms with Gasteiger partial charge in [-0.1, -0.05) is 63.1 Å². The number of rotatable bonds is 10. The summed E-state index contributed by atoms with van der Waals surface area (Å²) >= 11 is 0. The molecule has 2 rings (SSSR count). The summed E-state index contributed by atoms with van der Waals surface area (Å²) in [7, 11) is 0. The Morgan fingerprint density at radius 3 is 1.21 bits per heavy atom. The summed E-state index contributed by atoms with van der Waals surface area (Å²) in [6.45, 7) is 4.55. The number of hydrogen-bond donors (Lipinski definition) is 0. The van der Waals surface area contributed by atoms with Crippen molar-refractivity contribution in [3.05, 3.63) is 70.8 Å². The molecule has 0 N–H and O–H groups in total. The van der Waals surface area contributed by atoms with E-state index in [1.54, 1.807) is 12.1 Å². The smallest absolute Gasteiger partial charge is 0.545 e. The minimum Gasteiger partial charge on any atom is -0.545 e. The van der Waals surface area contributed by atoms with Crippen LogP contribution in [0.3, 0.4) is 0 Å². The Morgan fingerprint density at radius 1 is 0.636 bits per heavy atom. The monoisotopic (exact) mass is 497 g/mol. The Bertz CT molecular complexity index is 851. The molecule has 177 valence electrons. The summed E-state index contributed by atoms with van der Waals surface area (Å²) in [4.78, 5) is 44.5. The van der Waals surface area contributed by atoms with Crippen LogP contribution in [0.5, 0.6) is 0 Å². The van der Waals surface area contributed by atoms with Gasteiger partial charge in [0.25, 0.3) is 0 Å². The van der Waals surface area contributed by atoms with Crippen LogP contribution in [-0.4, -0.2) is 37.1 Å². The van der Waals surface area contributed by atoms with Gasteiger partial charge in [0.05, 0.1) is 36.3 Å². The van der Waals surface area contributed by atoms with E-state index in [1.807, 2.05) is 13.8 Å². The molecular formula is C24H26MnO8. The molecule has 0 saturated heterocycles. The molecular weight excluding hydrogens is 471 g/mol. The van der Waals surface area contributed by atoms with Crippen molar-refractivity contribution in [2.24, 2.45) is 0 Å². The van der Waals surface area contributed by atoms with Crippen molar-refractivity contribution in [2.45, 2.75) is 39.5 Å². The van der Waals surface area contributed by atoms with Crippen LogP contribution in [-0.2, 0) is 26.5 Å². The van der Waals surface area contributed by atoms with E-state index in [0.717, 1.165) is 25.7 Å². The Balaban J connectivity index is 0.000000602. The third-order valence-electron chi connectivity index (χ3n) is 4.20. The molecule has 0 amide bonds. The standard InChI is InChI=1S/2C12H14O4.Mn/c2*1-2-3-8-16-12(15)10-7-5-4-6-9(10)11(13)14;/h2*4-7H,2-3,8H2,1H3,(H,13,14);/q;;+2/p-2. The van der Waals surface area contributed by atoms with E-state index in [9.17, 15) is 29.4 Å². The normalized spacial score (nSPS) is 9.52. The molecule has 2 aromatic rings. The van der Waals surface area contributed by atoms with E-state index >= 15 is 0 Å². The minimum atomic E-state index is -1.37. The number of benzene rings is 2. The summed E-state index contributed by atoms with van der Waals surface area (Å²) in [5.41, 5.74) is -0.190. The molecule has 0 bridgehead atoms. The molecule has 0 aliphatic heterocycles. The van der Waals surface area contributed by atoms with Crippen molar-refractivity contribution in [1.29, 1.82) is 0 Å². The van der Waals surface area contributed by atoms with E-state index in [2.05, 4.69) is 0 Å². The van der Waals surface area contributed by atoms with Gasteiger partial charge in [0, 0.05) is 11.1 Å². The van der Waals surface area contributed by atoms with Crippen LogP contribution in [0.2, 0.25) is 0 Å². The molecule has 8 nitrogen and oxygen atoms in total. The predicted octanol–water partition coefficient (Wildman–Crippen LogP) is 2.01. The summed E-state index contributed by atoms with van der Waals surface area (Å²) in [6, 6.07) is 11.7. The number of hydrogen-bond acceptors (Lipinski definition) is 8. The maximum atomic E-state index is 11.5. The van der Waals surface area contributed by atoms with Gasteiger partial charge in [0.1, 0.15) is 0 Å². The Hall–Kier alpha value is -3.16. The largest absolute Gasteiger partial charge is 2.00 e. The second-order valence-electron chi connectivity index (χ2n) is 6.65. The van der Waals surface area contributed by atoms with E-state index < -0.39 is 23.9 Å². The fourth-order valence-electron chi connectivity index (χ4n) is 2.45. The number of unbranched alkanes of at least 4 members (excludes halogenated alkanes) is 2. The summed E-state index contributed by atoms with van der Waals surface area (Å²) < 4.78 is 9.86. The molecule has 0 unspecified atom stereocenters. The number of ether oxygens (including phenoxy) is 2. The first kappa shape index (κ1) is 29.8. The van der Waals surface area contributed by atoms with Crippen molar-refractivity contribution >= 4 is 23.9 Å². The first-order chi connectivity index (χ1) is 15.3. The molecule has 0 saturated carbocycles. The number of aromatic carboxylic acids is 2. The van der Waals surface area contributed by atoms with Gasteiger partial charge in [-0.05, 0) is 25.0 Å². The van der Waals surface area contributed by atoms with Gasteiger partial charge in [-0.3, -0.25) is 0 Å². The molecule has 0 aliphatic rings. The summed E-state index contributed by atoms with van der Waals surface area (Å²) in [6.07, 6.45) is 3.35. The number of carboxylic acid groups (broad SMARTS) is 2. The molecule has 0 heterocycles. The third-order valence-corrected chi connectivity index (χ3v) is 4.20. The van der Waals surface area contributed by atoms with Crippen LogP contribution in [0.4, 0.5) is 0 Å². The van der Waals surface area contributed by atoms with Crippen LogP contribution < -0.4 is 10.2 Å². The van der Waals surface area contributed by atoms with Crippen LogP contribution >= 0.6 is 0 Å². The molecule has 0 aliphatic carbocycles. The summed E-state index contributed by atoms with van der Waals surface area (Å²) in [5, 5.41) is 21.5. The van der Waals surface area contributed by atoms with E-state index in [-0.39, 0.29) is 39.3 Å². The number of esters is 2. The quantitative estimate of drug-likeness (QED) is 0.277. The van der Waals surface area contributed by atoms with E-state index in [4.69, 9.17) is 9.47 Å². The average molecular weight is 497 g/mol. The van der Waals surface area contributed by atoms with E-state index in [0.29, 0.717) is 13.2 Å². The van der Waals surface area contributed by atoms with Crippen LogP contribution in [0.25, 0.3) is 0 Å². The van der Waals surface area contributed by atoms with Crippen molar-refractivity contribution in [3.8, 4) is 0 Å². The predicted molar refractivity (Wildman–Crippen MR) is 112 cm³/mol. The van der Waals surface area contributed by atoms with Crippen molar-refractivity contribution in [2.75, 3.05) is 13.2 Å². The zero-order chi connectivity index (χ0) is 23.9. The Labute approximate surface area is 203 Å². The summed E-state index contributed by atoms with van der Waals surface area (Å²) in [5.74, 6) is -3.98. The first-order valence-electron chi connectivity index (χ1n) is 10.3. The SMILES string of the molecule is CCCCOC(=O)c1ccccc1C(=O)[O-].CCCCOC(=O)c1ccccc1C(=O)[O-].[Mn+2]. The van der Waals surface area contributed by atoms with E-state index in [1.165, 1.54) is 36.4 Å². The topological polar surface area (TPSA) is 133 Å². The molecule has 0 aromatic heterocycles. The van der Waals surface area contributed by atoms with Gasteiger partial charge in [-0.2, -0.15) is 0 Å². The fourth-order valence-corrected chi connectivity index (χ4v) is 2.45. The zero-order valence-electron chi connectivity index (χ0n) is 18.5. The van der Waals surface area contributed by atoms with Gasteiger partial charge in [0.2, 0.25) is 0 Å². The Kier molecular flexibility index (Phi) is 14.9. The molecule has 2 aromatic carbocycles. The maximum absolute atomic E-state index is 11.5. The van der Waals surface area contributed by atoms with Gasteiger partial charge in [0.15, 0.2) is 0 Å². The number of carbonyl (C=O) groups excluding carboxylic acids is 4. The Morgan fingerprint density at radius 2 is 0.939 bits per heavy atom. The number of carbonyl (C=O) groups is 4. The fraction of sp³-hybridized carbons (Fsp3) is 0.333. The van der Waals surface area contributed by atoms with Crippen LogP contribution in [0.1, 0.15) is 81.0 Å². The zero-order valence-corrected chi connectivity index (χ0v) is 19.7. The van der Waals surface area contributed by atoms with Gasteiger partial charge in [-0.15, -0.1) is 0 Å². The van der Waals surface area contributed by atoms with Crippen molar-refractivity contribution in [3.63, 3.8) is 0 Å². The number of carboxylic acids is 2. The molecule has 0 fully saturated rings. The maximum Gasteiger partial charge on any atom is 2.00 e. The van der Waals surface area contributed by atoms with Gasteiger partial charge >= 0.3 is 29.0 Å². The van der Waals surface area contributed by atoms with Gasteiger partial charge < -0.3 is 29.3 Å². The molecule has 0 atom stereocenters. The third kappa shape index (κ3) is 10.3. The van der Waals surface area contributed by atoms with Crippen molar-refractivity contribution in [1.82, 2.24) is 0 Å². The van der Waals surface area contributed by atoms with Crippen LogP contribution in [0.15, 0.2) is 48.5 Å². The van der Waals surface area contributed by atoms with Crippen LogP contribution in [0, 0.1) is 0 Å². The average Bonchev–Trinajstić information content (AvgIpc) is 2.79. The molecule has 9 heteroatoms. The first-order valence-corrected chi connectivity index (χ1v) is 10.3. The second-order valence-corrected chi connectivity index (χ2v) is 6.65. The van der Waals surface area contributed by atoms with Gasteiger partial charge in [-0.25, -0.2) is 9.59 Å². The van der Waals surface area contributed by atoms with Crippen molar-refractivity contribution < 1.29 is 55.9 Å². The second kappa shape index (κ2) is 16.5. The molecule has 1 radical (unpaired) electrons. The minimum absolute atomic E-state index is 0.